The number of aromatic nitrogens is 4. The van der Waals surface area contributed by atoms with Crippen LogP contribution in [0.2, 0.25) is 0 Å². The largest absolute Gasteiger partial charge is 0.368 e. The molecule has 2 aromatic heterocycles. The third-order valence-corrected chi connectivity index (χ3v) is 5.13. The highest BCUT2D eigenvalue weighted by Gasteiger charge is 2.29. The number of fused-ring (bicyclic) bond motifs is 2. The highest BCUT2D eigenvalue weighted by atomic mass is 32.2. The maximum Gasteiger partial charge on any atom is 0.263 e. The molecular formula is C15H15N7O2S. The van der Waals surface area contributed by atoms with Gasteiger partial charge in [-0.3, -0.25) is 9.71 Å². The van der Waals surface area contributed by atoms with Crippen LogP contribution in [0.3, 0.4) is 0 Å². The Bertz CT molecular complexity index is 1090. The first-order valence-corrected chi connectivity index (χ1v) is 9.11. The molecule has 0 unspecified atom stereocenters. The van der Waals surface area contributed by atoms with E-state index >= 15 is 0 Å². The number of aliphatic imine (C=N–C) groups is 1. The van der Waals surface area contributed by atoms with Gasteiger partial charge < -0.3 is 5.32 Å². The lowest BCUT2D eigenvalue weighted by Crippen LogP contribution is -2.23. The van der Waals surface area contributed by atoms with Crippen LogP contribution in [0, 0.1) is 6.92 Å². The third kappa shape index (κ3) is 2.80. The summed E-state index contributed by atoms with van der Waals surface area (Å²) >= 11 is 0. The lowest BCUT2D eigenvalue weighted by Gasteiger charge is -2.07. The van der Waals surface area contributed by atoms with Gasteiger partial charge in [-0.15, -0.1) is 0 Å². The molecule has 2 N–H and O–H groups in total. The predicted octanol–water partition coefficient (Wildman–Crippen LogP) is 0.583. The van der Waals surface area contributed by atoms with E-state index in [9.17, 15) is 8.42 Å². The van der Waals surface area contributed by atoms with Crippen LogP contribution in [-0.4, -0.2) is 46.9 Å². The molecule has 0 bridgehead atoms. The van der Waals surface area contributed by atoms with Gasteiger partial charge in [0.15, 0.2) is 0 Å². The Kier molecular flexibility index (Phi) is 3.61. The summed E-state index contributed by atoms with van der Waals surface area (Å²) in [6.07, 6.45) is 1.44. The summed E-state index contributed by atoms with van der Waals surface area (Å²) in [6.45, 7) is 2.78. The van der Waals surface area contributed by atoms with E-state index in [4.69, 9.17) is 0 Å². The molecule has 3 heterocycles. The molecule has 9 nitrogen and oxygen atoms in total. The van der Waals surface area contributed by atoms with Crippen molar-refractivity contribution in [2.75, 3.05) is 18.4 Å². The van der Waals surface area contributed by atoms with E-state index in [0.29, 0.717) is 30.3 Å². The van der Waals surface area contributed by atoms with Gasteiger partial charge in [0.05, 0.1) is 11.4 Å². The second-order valence-electron chi connectivity index (χ2n) is 5.51. The van der Waals surface area contributed by atoms with Crippen molar-refractivity contribution in [3.63, 3.8) is 0 Å². The molecular weight excluding hydrogens is 342 g/mol. The minimum Gasteiger partial charge on any atom is -0.368 e. The van der Waals surface area contributed by atoms with Gasteiger partial charge >= 0.3 is 0 Å². The average Bonchev–Trinajstić information content (AvgIpc) is 3.14. The van der Waals surface area contributed by atoms with E-state index in [0.717, 1.165) is 11.5 Å². The van der Waals surface area contributed by atoms with Crippen molar-refractivity contribution in [3.05, 3.63) is 47.9 Å². The molecule has 1 aliphatic heterocycles. The quantitative estimate of drug-likeness (QED) is 0.661. The number of hydrogen-bond donors (Lipinski definition) is 2. The smallest absolute Gasteiger partial charge is 0.263 e. The van der Waals surface area contributed by atoms with Crippen molar-refractivity contribution in [1.82, 2.24) is 24.3 Å². The molecule has 0 aliphatic carbocycles. The Morgan fingerprint density at radius 3 is 3.04 bits per heavy atom. The van der Waals surface area contributed by atoms with Gasteiger partial charge in [-0.05, 0) is 19.1 Å². The molecule has 3 aromatic rings. The summed E-state index contributed by atoms with van der Waals surface area (Å²) in [5.41, 5.74) is 1.42. The van der Waals surface area contributed by atoms with E-state index < -0.39 is 10.0 Å². The van der Waals surface area contributed by atoms with Crippen LogP contribution in [-0.2, 0) is 10.0 Å². The van der Waals surface area contributed by atoms with E-state index in [1.807, 2.05) is 13.0 Å². The fourth-order valence-corrected chi connectivity index (χ4v) is 3.91. The molecule has 0 amide bonds. The molecule has 0 atom stereocenters. The van der Waals surface area contributed by atoms with Crippen LogP contribution in [0.15, 0.2) is 46.5 Å². The fourth-order valence-electron chi connectivity index (χ4n) is 2.66. The first-order chi connectivity index (χ1) is 12.0. The van der Waals surface area contributed by atoms with E-state index in [2.05, 4.69) is 30.1 Å². The van der Waals surface area contributed by atoms with Crippen LogP contribution >= 0.6 is 0 Å². The average molecular weight is 357 g/mol. The van der Waals surface area contributed by atoms with Gasteiger partial charge in [0.1, 0.15) is 18.0 Å². The van der Waals surface area contributed by atoms with Crippen molar-refractivity contribution in [1.29, 1.82) is 0 Å². The van der Waals surface area contributed by atoms with E-state index in [1.54, 1.807) is 28.8 Å². The number of sulfonamides is 1. The number of aryl methyl sites for hydroxylation is 1. The van der Waals surface area contributed by atoms with Gasteiger partial charge in [0.25, 0.3) is 15.8 Å². The van der Waals surface area contributed by atoms with Crippen LogP contribution in [0.5, 0.6) is 0 Å². The van der Waals surface area contributed by atoms with Crippen LogP contribution < -0.4 is 10.0 Å². The van der Waals surface area contributed by atoms with Crippen LogP contribution in [0.1, 0.15) is 11.3 Å². The first-order valence-electron chi connectivity index (χ1n) is 7.62. The predicted molar refractivity (Wildman–Crippen MR) is 92.2 cm³/mol. The van der Waals surface area contributed by atoms with Crippen molar-refractivity contribution in [3.8, 4) is 0 Å². The zero-order chi connectivity index (χ0) is 17.4. The summed E-state index contributed by atoms with van der Waals surface area (Å²) in [4.78, 5) is 13.0. The minimum atomic E-state index is -3.50. The Morgan fingerprint density at radius 1 is 1.32 bits per heavy atom. The zero-order valence-electron chi connectivity index (χ0n) is 13.3. The van der Waals surface area contributed by atoms with Gasteiger partial charge in [0.2, 0.25) is 0 Å². The number of nitrogens with one attached hydrogen (secondary N) is 2. The number of rotatable bonds is 4. The molecule has 0 spiro atoms. The second-order valence-corrected chi connectivity index (χ2v) is 7.16. The molecule has 10 heteroatoms. The van der Waals surface area contributed by atoms with Gasteiger partial charge in [-0.25, -0.2) is 13.4 Å². The van der Waals surface area contributed by atoms with Crippen molar-refractivity contribution in [2.24, 2.45) is 4.99 Å². The maximum atomic E-state index is 12.0. The van der Waals surface area contributed by atoms with Crippen LogP contribution in [0.4, 0.5) is 5.82 Å². The lowest BCUT2D eigenvalue weighted by atomic mass is 10.2. The molecule has 128 valence electrons. The molecule has 1 aliphatic rings. The summed E-state index contributed by atoms with van der Waals surface area (Å²) in [6, 6.07) is 8.65. The monoisotopic (exact) mass is 357 g/mol. The lowest BCUT2D eigenvalue weighted by molar-refractivity contribution is 0.595. The third-order valence-electron chi connectivity index (χ3n) is 3.73. The zero-order valence-corrected chi connectivity index (χ0v) is 14.2. The highest BCUT2D eigenvalue weighted by molar-refractivity contribution is 7.90. The molecule has 0 saturated heterocycles. The van der Waals surface area contributed by atoms with Crippen molar-refractivity contribution >= 4 is 27.5 Å². The fraction of sp³-hybridized carbons (Fsp3) is 0.200. The molecule has 0 radical (unpaired) electrons. The Morgan fingerprint density at radius 2 is 2.16 bits per heavy atom. The summed E-state index contributed by atoms with van der Waals surface area (Å²) in [5.74, 6) is 1.65. The number of amidine groups is 1. The van der Waals surface area contributed by atoms with E-state index in [-0.39, 0.29) is 4.90 Å². The minimum absolute atomic E-state index is 0.260. The molecule has 25 heavy (non-hydrogen) atoms. The normalized spacial score (nSPS) is 16.8. The van der Waals surface area contributed by atoms with Crippen molar-refractivity contribution < 1.29 is 8.42 Å². The Labute approximate surface area is 143 Å². The molecule has 0 fully saturated rings. The Hall–Kier alpha value is -3.01. The van der Waals surface area contributed by atoms with Gasteiger partial charge in [-0.2, -0.15) is 14.6 Å². The molecule has 0 saturated carbocycles. The van der Waals surface area contributed by atoms with Gasteiger partial charge in [-0.1, -0.05) is 12.1 Å². The first kappa shape index (κ1) is 15.5. The highest BCUT2D eigenvalue weighted by Crippen LogP contribution is 2.22. The van der Waals surface area contributed by atoms with Gasteiger partial charge in [0, 0.05) is 23.9 Å². The summed E-state index contributed by atoms with van der Waals surface area (Å²) in [5, 5.41) is 7.34. The number of benzene rings is 1. The maximum absolute atomic E-state index is 12.0. The van der Waals surface area contributed by atoms with E-state index in [1.165, 1.54) is 6.33 Å². The summed E-state index contributed by atoms with van der Waals surface area (Å²) < 4.78 is 28.2. The van der Waals surface area contributed by atoms with Crippen LogP contribution in [0.25, 0.3) is 5.78 Å². The molecule has 4 rings (SSSR count). The number of hydrogen-bond acceptors (Lipinski definition) is 7. The second kappa shape index (κ2) is 5.81. The topological polar surface area (TPSA) is 114 Å². The summed E-state index contributed by atoms with van der Waals surface area (Å²) in [7, 11) is -3.50. The standard InChI is InChI=1S/C15H15N7O2S/c1-10-8-13(22-15(20-10)18-9-19-22)16-6-7-17-14-11-4-2-3-5-12(11)25(23,24)21-14/h2-5,8-9,16H,6-7H2,1H3,(H,17,21). The number of nitrogens with zero attached hydrogens (tertiary/aromatic N) is 5. The number of anilines is 1. The van der Waals surface area contributed by atoms with Crippen molar-refractivity contribution in [2.45, 2.75) is 11.8 Å². The molecule has 1 aromatic carbocycles. The Balaban J connectivity index is 1.50. The SMILES string of the molecule is Cc1cc(NCCN=C2NS(=O)(=O)c3ccccc32)n2ncnc2n1.